The van der Waals surface area contributed by atoms with E-state index >= 15 is 0 Å². The molecule has 0 bridgehead atoms. The fourth-order valence-electron chi connectivity index (χ4n) is 2.13. The Kier molecular flexibility index (Phi) is 8.08. The molecule has 0 aromatic heterocycles. The summed E-state index contributed by atoms with van der Waals surface area (Å²) in [5.41, 5.74) is 7.49. The number of nitrogen functional groups attached to an aromatic ring is 1. The van der Waals surface area contributed by atoms with E-state index in [1.165, 1.54) is 0 Å². The second-order valence-corrected chi connectivity index (χ2v) is 5.97. The zero-order chi connectivity index (χ0) is 17.5. The van der Waals surface area contributed by atoms with E-state index in [0.29, 0.717) is 35.2 Å². The Morgan fingerprint density at radius 2 is 1.84 bits per heavy atom. The molecular formula is C19H25ClN2O3. The molecule has 0 aliphatic carbocycles. The summed E-state index contributed by atoms with van der Waals surface area (Å²) < 4.78 is 10.7. The van der Waals surface area contributed by atoms with Gasteiger partial charge in [-0.15, -0.1) is 12.4 Å². The Balaban J connectivity index is 0.00000312. The molecule has 0 fully saturated rings. The van der Waals surface area contributed by atoms with E-state index in [1.54, 1.807) is 49.6 Å². The second-order valence-electron chi connectivity index (χ2n) is 5.97. The first-order chi connectivity index (χ1) is 11.5. The number of amides is 1. The van der Waals surface area contributed by atoms with E-state index in [0.717, 1.165) is 12.2 Å². The van der Waals surface area contributed by atoms with Crippen molar-refractivity contribution in [2.24, 2.45) is 5.92 Å². The summed E-state index contributed by atoms with van der Waals surface area (Å²) in [5, 5.41) is 2.81. The lowest BCUT2D eigenvalue weighted by Gasteiger charge is -2.10. The highest BCUT2D eigenvalue weighted by Crippen LogP contribution is 2.25. The highest BCUT2D eigenvalue weighted by Gasteiger charge is 2.08. The quantitative estimate of drug-likeness (QED) is 0.715. The minimum Gasteiger partial charge on any atom is -0.495 e. The van der Waals surface area contributed by atoms with Crippen molar-refractivity contribution in [1.29, 1.82) is 0 Å². The van der Waals surface area contributed by atoms with Gasteiger partial charge < -0.3 is 20.5 Å². The van der Waals surface area contributed by atoms with Crippen LogP contribution >= 0.6 is 12.4 Å². The average molecular weight is 365 g/mol. The fourth-order valence-corrected chi connectivity index (χ4v) is 2.13. The SMILES string of the molecule is COc1ccc(NC(=O)c2ccc(OCCC(C)C)cc2)cc1N.Cl. The molecule has 2 aromatic carbocycles. The highest BCUT2D eigenvalue weighted by molar-refractivity contribution is 6.04. The maximum Gasteiger partial charge on any atom is 0.255 e. The standard InChI is InChI=1S/C19H24N2O3.ClH/c1-13(2)10-11-24-16-7-4-14(5-8-16)19(22)21-15-6-9-18(23-3)17(20)12-15;/h4-9,12-13H,10-11,20H2,1-3H3,(H,21,22);1H. The van der Waals surface area contributed by atoms with E-state index in [9.17, 15) is 4.79 Å². The number of rotatable bonds is 7. The average Bonchev–Trinajstić information content (AvgIpc) is 2.55. The zero-order valence-electron chi connectivity index (χ0n) is 14.7. The number of hydrogen-bond donors (Lipinski definition) is 2. The Bertz CT molecular complexity index is 688. The maximum atomic E-state index is 12.3. The molecule has 5 nitrogen and oxygen atoms in total. The smallest absolute Gasteiger partial charge is 0.255 e. The van der Waals surface area contributed by atoms with Crippen LogP contribution in [0.2, 0.25) is 0 Å². The number of halogens is 1. The van der Waals surface area contributed by atoms with Crippen LogP contribution in [0.4, 0.5) is 11.4 Å². The van der Waals surface area contributed by atoms with Crippen molar-refractivity contribution in [1.82, 2.24) is 0 Å². The Labute approximate surface area is 154 Å². The lowest BCUT2D eigenvalue weighted by molar-refractivity contribution is 0.102. The van der Waals surface area contributed by atoms with E-state index in [1.807, 2.05) is 0 Å². The van der Waals surface area contributed by atoms with Gasteiger partial charge in [-0.25, -0.2) is 0 Å². The Morgan fingerprint density at radius 3 is 2.40 bits per heavy atom. The first-order valence-corrected chi connectivity index (χ1v) is 7.97. The molecular weight excluding hydrogens is 340 g/mol. The minimum atomic E-state index is -0.201. The molecule has 0 saturated heterocycles. The lowest BCUT2D eigenvalue weighted by Crippen LogP contribution is -2.12. The van der Waals surface area contributed by atoms with Gasteiger partial charge in [-0.2, -0.15) is 0 Å². The Hall–Kier alpha value is -2.40. The van der Waals surface area contributed by atoms with Gasteiger partial charge in [0.05, 0.1) is 19.4 Å². The van der Waals surface area contributed by atoms with Gasteiger partial charge in [-0.3, -0.25) is 4.79 Å². The second kappa shape index (κ2) is 9.79. The van der Waals surface area contributed by atoms with Crippen LogP contribution in [-0.2, 0) is 0 Å². The predicted molar refractivity (Wildman–Crippen MR) is 104 cm³/mol. The van der Waals surface area contributed by atoms with Gasteiger partial charge in [0.15, 0.2) is 0 Å². The number of carbonyl (C=O) groups excluding carboxylic acids is 1. The largest absolute Gasteiger partial charge is 0.495 e. The first kappa shape index (κ1) is 20.6. The number of methoxy groups -OCH3 is 1. The maximum absolute atomic E-state index is 12.3. The number of carbonyl (C=O) groups is 1. The van der Waals surface area contributed by atoms with Crippen LogP contribution in [0.3, 0.4) is 0 Å². The minimum absolute atomic E-state index is 0. The topological polar surface area (TPSA) is 73.6 Å². The monoisotopic (exact) mass is 364 g/mol. The normalized spacial score (nSPS) is 10.1. The van der Waals surface area contributed by atoms with Gasteiger partial charge >= 0.3 is 0 Å². The number of nitrogens with one attached hydrogen (secondary N) is 1. The van der Waals surface area contributed by atoms with Crippen LogP contribution in [0.15, 0.2) is 42.5 Å². The molecule has 0 spiro atoms. The summed E-state index contributed by atoms with van der Waals surface area (Å²) in [6.07, 6.45) is 1.00. The third-order valence-corrected chi connectivity index (χ3v) is 3.57. The van der Waals surface area contributed by atoms with Crippen LogP contribution in [0.5, 0.6) is 11.5 Å². The number of hydrogen-bond acceptors (Lipinski definition) is 4. The van der Waals surface area contributed by atoms with E-state index in [2.05, 4.69) is 19.2 Å². The fraction of sp³-hybridized carbons (Fsp3) is 0.316. The number of anilines is 2. The summed E-state index contributed by atoms with van der Waals surface area (Å²) in [6.45, 7) is 4.99. The van der Waals surface area contributed by atoms with Gasteiger partial charge in [0.25, 0.3) is 5.91 Å². The Morgan fingerprint density at radius 1 is 1.16 bits per heavy atom. The summed E-state index contributed by atoms with van der Waals surface area (Å²) >= 11 is 0. The molecule has 2 rings (SSSR count). The third kappa shape index (κ3) is 6.19. The molecule has 6 heteroatoms. The summed E-state index contributed by atoms with van der Waals surface area (Å²) in [7, 11) is 1.55. The molecule has 0 aliphatic heterocycles. The van der Waals surface area contributed by atoms with Crippen molar-refractivity contribution < 1.29 is 14.3 Å². The van der Waals surface area contributed by atoms with E-state index in [4.69, 9.17) is 15.2 Å². The molecule has 2 aromatic rings. The molecule has 0 atom stereocenters. The van der Waals surface area contributed by atoms with Crippen molar-refractivity contribution in [3.8, 4) is 11.5 Å². The lowest BCUT2D eigenvalue weighted by atomic mass is 10.1. The number of ether oxygens (including phenoxy) is 2. The molecule has 136 valence electrons. The van der Waals surface area contributed by atoms with Crippen molar-refractivity contribution in [2.75, 3.05) is 24.8 Å². The van der Waals surface area contributed by atoms with Crippen LogP contribution in [-0.4, -0.2) is 19.6 Å². The molecule has 25 heavy (non-hydrogen) atoms. The predicted octanol–water partition coefficient (Wildman–Crippen LogP) is 4.38. The van der Waals surface area contributed by atoms with Crippen molar-refractivity contribution in [3.63, 3.8) is 0 Å². The van der Waals surface area contributed by atoms with Crippen LogP contribution < -0.4 is 20.5 Å². The van der Waals surface area contributed by atoms with Crippen LogP contribution in [0, 0.1) is 5.92 Å². The van der Waals surface area contributed by atoms with Crippen molar-refractivity contribution in [3.05, 3.63) is 48.0 Å². The third-order valence-electron chi connectivity index (χ3n) is 3.57. The molecule has 1 amide bonds. The molecule has 3 N–H and O–H groups in total. The van der Waals surface area contributed by atoms with E-state index < -0.39 is 0 Å². The molecule has 0 radical (unpaired) electrons. The summed E-state index contributed by atoms with van der Waals surface area (Å²) in [4.78, 5) is 12.3. The number of benzene rings is 2. The van der Waals surface area contributed by atoms with Gasteiger partial charge in [0.2, 0.25) is 0 Å². The van der Waals surface area contributed by atoms with Gasteiger partial charge in [-0.05, 0) is 54.8 Å². The van der Waals surface area contributed by atoms with Crippen molar-refractivity contribution in [2.45, 2.75) is 20.3 Å². The highest BCUT2D eigenvalue weighted by atomic mass is 35.5. The molecule has 0 unspecified atom stereocenters. The summed E-state index contributed by atoms with van der Waals surface area (Å²) in [5.74, 6) is 1.75. The molecule has 0 aliphatic rings. The van der Waals surface area contributed by atoms with Gasteiger partial charge in [0.1, 0.15) is 11.5 Å². The molecule has 0 heterocycles. The first-order valence-electron chi connectivity index (χ1n) is 7.97. The summed E-state index contributed by atoms with van der Waals surface area (Å²) in [6, 6.07) is 12.2. The van der Waals surface area contributed by atoms with Gasteiger partial charge in [-0.1, -0.05) is 13.8 Å². The molecule has 0 saturated carbocycles. The number of nitrogens with two attached hydrogens (primary N) is 1. The van der Waals surface area contributed by atoms with Crippen LogP contribution in [0.25, 0.3) is 0 Å². The van der Waals surface area contributed by atoms with E-state index in [-0.39, 0.29) is 18.3 Å². The zero-order valence-corrected chi connectivity index (χ0v) is 15.6. The van der Waals surface area contributed by atoms with Gasteiger partial charge in [0, 0.05) is 11.3 Å². The van der Waals surface area contributed by atoms with Crippen LogP contribution in [0.1, 0.15) is 30.6 Å². The van der Waals surface area contributed by atoms with Crippen molar-refractivity contribution >= 4 is 29.7 Å².